The van der Waals surface area contributed by atoms with Crippen molar-refractivity contribution in [3.63, 3.8) is 0 Å². The first-order chi connectivity index (χ1) is 5.77. The van der Waals surface area contributed by atoms with Gasteiger partial charge in [-0.3, -0.25) is 4.79 Å². The minimum absolute atomic E-state index is 0.458. The van der Waals surface area contributed by atoms with E-state index in [0.717, 1.165) is 31.7 Å². The molecule has 2 atom stereocenters. The standard InChI is InChI=1S/C10H19NO/c1-3-8-4-5-10(12)6-9(8)7-11-2/h8-9,11H,3-7H2,1-2H3. The maximum atomic E-state index is 11.2. The largest absolute Gasteiger partial charge is 0.319 e. The zero-order valence-electron chi connectivity index (χ0n) is 8.10. The molecule has 1 aliphatic carbocycles. The Bertz CT molecular complexity index is 156. The van der Waals surface area contributed by atoms with E-state index in [1.54, 1.807) is 0 Å². The van der Waals surface area contributed by atoms with Crippen LogP contribution in [0.1, 0.15) is 32.6 Å². The average molecular weight is 169 g/mol. The predicted octanol–water partition coefficient (Wildman–Crippen LogP) is 1.60. The highest BCUT2D eigenvalue weighted by atomic mass is 16.1. The Hall–Kier alpha value is -0.370. The number of ketones is 1. The molecular weight excluding hydrogens is 150 g/mol. The van der Waals surface area contributed by atoms with E-state index in [2.05, 4.69) is 12.2 Å². The average Bonchev–Trinajstić information content (AvgIpc) is 2.05. The fourth-order valence-corrected chi connectivity index (χ4v) is 2.18. The number of rotatable bonds is 3. The number of carbonyl (C=O) groups excluding carboxylic acids is 1. The molecule has 1 saturated carbocycles. The third kappa shape index (κ3) is 2.31. The second-order valence-corrected chi connectivity index (χ2v) is 3.77. The minimum Gasteiger partial charge on any atom is -0.319 e. The molecule has 70 valence electrons. The summed E-state index contributed by atoms with van der Waals surface area (Å²) < 4.78 is 0. The SMILES string of the molecule is CCC1CCC(=O)CC1CNC. The van der Waals surface area contributed by atoms with Crippen molar-refractivity contribution >= 4 is 5.78 Å². The van der Waals surface area contributed by atoms with Gasteiger partial charge in [0.1, 0.15) is 5.78 Å². The summed E-state index contributed by atoms with van der Waals surface area (Å²) >= 11 is 0. The van der Waals surface area contributed by atoms with Gasteiger partial charge in [0.15, 0.2) is 0 Å². The summed E-state index contributed by atoms with van der Waals surface area (Å²) in [4.78, 5) is 11.2. The second kappa shape index (κ2) is 4.61. The summed E-state index contributed by atoms with van der Waals surface area (Å²) in [5, 5.41) is 3.17. The van der Waals surface area contributed by atoms with Crippen molar-refractivity contribution in [2.45, 2.75) is 32.6 Å². The number of Topliss-reactive ketones (excluding diaryl/α,β-unsaturated/α-hetero) is 1. The van der Waals surface area contributed by atoms with Crippen molar-refractivity contribution in [3.05, 3.63) is 0 Å². The number of hydrogen-bond acceptors (Lipinski definition) is 2. The number of carbonyl (C=O) groups is 1. The summed E-state index contributed by atoms with van der Waals surface area (Å²) in [6, 6.07) is 0. The quantitative estimate of drug-likeness (QED) is 0.695. The molecule has 0 aromatic carbocycles. The van der Waals surface area contributed by atoms with Crippen molar-refractivity contribution in [2.24, 2.45) is 11.8 Å². The zero-order valence-corrected chi connectivity index (χ0v) is 8.10. The van der Waals surface area contributed by atoms with E-state index in [0.29, 0.717) is 11.7 Å². The van der Waals surface area contributed by atoms with Crippen LogP contribution in [0.3, 0.4) is 0 Å². The number of hydrogen-bond donors (Lipinski definition) is 1. The van der Waals surface area contributed by atoms with Crippen LogP contribution in [0.25, 0.3) is 0 Å². The van der Waals surface area contributed by atoms with Crippen LogP contribution in [-0.2, 0) is 4.79 Å². The second-order valence-electron chi connectivity index (χ2n) is 3.77. The van der Waals surface area contributed by atoms with Crippen LogP contribution in [0, 0.1) is 11.8 Å². The van der Waals surface area contributed by atoms with Gasteiger partial charge in [0.05, 0.1) is 0 Å². The Balaban J connectivity index is 2.45. The molecule has 1 aliphatic rings. The summed E-state index contributed by atoms with van der Waals surface area (Å²) in [6.07, 6.45) is 3.96. The molecule has 0 radical (unpaired) electrons. The monoisotopic (exact) mass is 169 g/mol. The van der Waals surface area contributed by atoms with Gasteiger partial charge in [-0.2, -0.15) is 0 Å². The maximum Gasteiger partial charge on any atom is 0.133 e. The first-order valence-corrected chi connectivity index (χ1v) is 4.94. The summed E-state index contributed by atoms with van der Waals surface area (Å²) in [7, 11) is 1.96. The van der Waals surface area contributed by atoms with E-state index in [4.69, 9.17) is 0 Å². The molecule has 0 bridgehead atoms. The molecule has 0 heterocycles. The van der Waals surface area contributed by atoms with E-state index in [-0.39, 0.29) is 0 Å². The highest BCUT2D eigenvalue weighted by Crippen LogP contribution is 2.29. The molecule has 0 spiro atoms. The minimum atomic E-state index is 0.458. The normalized spacial score (nSPS) is 30.7. The van der Waals surface area contributed by atoms with E-state index in [1.807, 2.05) is 7.05 Å². The molecule has 0 aromatic heterocycles. The van der Waals surface area contributed by atoms with Crippen LogP contribution in [0.2, 0.25) is 0 Å². The molecule has 0 aliphatic heterocycles. The van der Waals surface area contributed by atoms with Gasteiger partial charge < -0.3 is 5.32 Å². The van der Waals surface area contributed by atoms with Gasteiger partial charge in [-0.1, -0.05) is 13.3 Å². The van der Waals surface area contributed by atoms with Gasteiger partial charge in [-0.25, -0.2) is 0 Å². The van der Waals surface area contributed by atoms with Gasteiger partial charge >= 0.3 is 0 Å². The fraction of sp³-hybridized carbons (Fsp3) is 0.900. The van der Waals surface area contributed by atoms with Crippen LogP contribution in [0.4, 0.5) is 0 Å². The Kier molecular flexibility index (Phi) is 3.73. The predicted molar refractivity (Wildman–Crippen MR) is 50.1 cm³/mol. The lowest BCUT2D eigenvalue weighted by Crippen LogP contribution is -2.31. The molecule has 2 heteroatoms. The van der Waals surface area contributed by atoms with Crippen LogP contribution in [0.15, 0.2) is 0 Å². The molecule has 1 rings (SSSR count). The van der Waals surface area contributed by atoms with Crippen molar-refractivity contribution in [1.29, 1.82) is 0 Å². The van der Waals surface area contributed by atoms with E-state index in [1.165, 1.54) is 6.42 Å². The molecule has 0 aromatic rings. The van der Waals surface area contributed by atoms with Gasteiger partial charge in [0.2, 0.25) is 0 Å². The Labute approximate surface area is 74.7 Å². The van der Waals surface area contributed by atoms with Gasteiger partial charge in [-0.05, 0) is 31.8 Å². The molecule has 1 N–H and O–H groups in total. The lowest BCUT2D eigenvalue weighted by molar-refractivity contribution is -0.122. The maximum absolute atomic E-state index is 11.2. The third-order valence-corrected chi connectivity index (χ3v) is 2.94. The molecule has 2 nitrogen and oxygen atoms in total. The Morgan fingerprint density at radius 1 is 1.50 bits per heavy atom. The highest BCUT2D eigenvalue weighted by Gasteiger charge is 2.27. The number of nitrogens with one attached hydrogen (secondary N) is 1. The molecule has 0 amide bonds. The van der Waals surface area contributed by atoms with Crippen molar-refractivity contribution < 1.29 is 4.79 Å². The summed E-state index contributed by atoms with van der Waals surface area (Å²) in [5.41, 5.74) is 0. The highest BCUT2D eigenvalue weighted by molar-refractivity contribution is 5.79. The van der Waals surface area contributed by atoms with Gasteiger partial charge in [-0.15, -0.1) is 0 Å². The van der Waals surface area contributed by atoms with E-state index < -0.39 is 0 Å². The zero-order chi connectivity index (χ0) is 8.97. The van der Waals surface area contributed by atoms with Crippen molar-refractivity contribution in [2.75, 3.05) is 13.6 Å². The molecule has 2 unspecified atom stereocenters. The summed E-state index contributed by atoms with van der Waals surface area (Å²) in [6.45, 7) is 3.23. The van der Waals surface area contributed by atoms with Crippen molar-refractivity contribution in [3.8, 4) is 0 Å². The first kappa shape index (κ1) is 9.72. The van der Waals surface area contributed by atoms with E-state index >= 15 is 0 Å². The lowest BCUT2D eigenvalue weighted by Gasteiger charge is -2.29. The van der Waals surface area contributed by atoms with Crippen LogP contribution >= 0.6 is 0 Å². The topological polar surface area (TPSA) is 29.1 Å². The van der Waals surface area contributed by atoms with Gasteiger partial charge in [0, 0.05) is 12.8 Å². The van der Waals surface area contributed by atoms with Crippen molar-refractivity contribution in [1.82, 2.24) is 5.32 Å². The Morgan fingerprint density at radius 3 is 2.83 bits per heavy atom. The van der Waals surface area contributed by atoms with Crippen LogP contribution < -0.4 is 5.32 Å². The third-order valence-electron chi connectivity index (χ3n) is 2.94. The van der Waals surface area contributed by atoms with Gasteiger partial charge in [0.25, 0.3) is 0 Å². The lowest BCUT2D eigenvalue weighted by atomic mass is 9.77. The molecular formula is C10H19NO. The fourth-order valence-electron chi connectivity index (χ4n) is 2.18. The molecule has 1 fully saturated rings. The smallest absolute Gasteiger partial charge is 0.133 e. The molecule has 0 saturated heterocycles. The Morgan fingerprint density at radius 2 is 2.25 bits per heavy atom. The van der Waals surface area contributed by atoms with Crippen LogP contribution in [-0.4, -0.2) is 19.4 Å². The van der Waals surface area contributed by atoms with Crippen LogP contribution in [0.5, 0.6) is 0 Å². The molecule has 12 heavy (non-hydrogen) atoms. The van der Waals surface area contributed by atoms with E-state index in [9.17, 15) is 4.79 Å². The summed E-state index contributed by atoms with van der Waals surface area (Å²) in [5.74, 6) is 1.83. The first-order valence-electron chi connectivity index (χ1n) is 4.94.